The van der Waals surface area contributed by atoms with Crippen molar-refractivity contribution < 1.29 is 18.8 Å². The second kappa shape index (κ2) is 20.5. The van der Waals surface area contributed by atoms with Crippen LogP contribution in [0.3, 0.4) is 0 Å². The summed E-state index contributed by atoms with van der Waals surface area (Å²) in [7, 11) is 4.44. The standard InChI is InChI=1S/C36H58NO3/c1-5-6-7-8-9-10-11-12-13-14-18-24-34-25-19-20-26-35(34)39-29-21-30-40-36(38)32(2)27-28-37(3,4)31-33-22-16-15-17-23-33/h15-17,19-20,22-23,25-26,32H,5-14,18,21,24,27-31H2,1-4H3/q+1. The van der Waals surface area contributed by atoms with Gasteiger partial charge in [-0.25, -0.2) is 0 Å². The molecule has 0 aliphatic carbocycles. The Labute approximate surface area is 246 Å². The van der Waals surface area contributed by atoms with Crippen LogP contribution in [0.4, 0.5) is 0 Å². The molecule has 2 aromatic carbocycles. The molecule has 0 bridgehead atoms. The zero-order valence-corrected chi connectivity index (χ0v) is 26.2. The first-order valence-corrected chi connectivity index (χ1v) is 16.1. The SMILES string of the molecule is CCCCCCCCCCCCCc1ccccc1OCCCOC(=O)C(C)CC[N+](C)(C)Cc1ccccc1. The molecule has 0 saturated carbocycles. The number of nitrogens with zero attached hydrogens (tertiary/aromatic N) is 1. The molecule has 0 amide bonds. The highest BCUT2D eigenvalue weighted by Crippen LogP contribution is 2.21. The number of carbonyl (C=O) groups excluding carboxylic acids is 1. The van der Waals surface area contributed by atoms with Gasteiger partial charge in [0.25, 0.3) is 0 Å². The van der Waals surface area contributed by atoms with Crippen molar-refractivity contribution in [1.82, 2.24) is 0 Å². The summed E-state index contributed by atoms with van der Waals surface area (Å²) in [6, 6.07) is 18.9. The number of hydrogen-bond acceptors (Lipinski definition) is 3. The molecule has 0 saturated heterocycles. The number of esters is 1. The first-order chi connectivity index (χ1) is 19.4. The molecule has 0 aromatic heterocycles. The molecular weight excluding hydrogens is 494 g/mol. The molecule has 1 atom stereocenters. The van der Waals surface area contributed by atoms with Crippen LogP contribution in [0.1, 0.15) is 108 Å². The second-order valence-electron chi connectivity index (χ2n) is 12.3. The summed E-state index contributed by atoms with van der Waals surface area (Å²) in [4.78, 5) is 12.5. The Kier molecular flexibility index (Phi) is 17.4. The van der Waals surface area contributed by atoms with Gasteiger partial charge in [-0.15, -0.1) is 0 Å². The van der Waals surface area contributed by atoms with Crippen molar-refractivity contribution in [3.63, 3.8) is 0 Å². The maximum absolute atomic E-state index is 12.5. The molecule has 0 aliphatic rings. The number of carbonyl (C=O) groups is 1. The van der Waals surface area contributed by atoms with Gasteiger partial charge >= 0.3 is 5.97 Å². The monoisotopic (exact) mass is 552 g/mol. The molecule has 1 unspecified atom stereocenters. The highest BCUT2D eigenvalue weighted by Gasteiger charge is 2.21. The number of rotatable bonds is 23. The Morgan fingerprint density at radius 3 is 2.02 bits per heavy atom. The van der Waals surface area contributed by atoms with Gasteiger partial charge in [-0.3, -0.25) is 4.79 Å². The summed E-state index contributed by atoms with van der Waals surface area (Å²) in [6.07, 6.45) is 17.6. The molecule has 0 aliphatic heterocycles. The Morgan fingerprint density at radius 2 is 1.35 bits per heavy atom. The molecule has 2 rings (SSSR count). The highest BCUT2D eigenvalue weighted by atomic mass is 16.5. The smallest absolute Gasteiger partial charge is 0.308 e. The Balaban J connectivity index is 1.55. The summed E-state index contributed by atoms with van der Waals surface area (Å²) in [6.45, 7) is 7.13. The summed E-state index contributed by atoms with van der Waals surface area (Å²) < 4.78 is 12.5. The third-order valence-corrected chi connectivity index (χ3v) is 7.84. The highest BCUT2D eigenvalue weighted by molar-refractivity contribution is 5.71. The van der Waals surface area contributed by atoms with Gasteiger partial charge in [-0.2, -0.15) is 0 Å². The van der Waals surface area contributed by atoms with E-state index >= 15 is 0 Å². The fourth-order valence-corrected chi connectivity index (χ4v) is 5.20. The van der Waals surface area contributed by atoms with Crippen LogP contribution < -0.4 is 4.74 Å². The molecular formula is C36H58NO3+. The number of benzene rings is 2. The van der Waals surface area contributed by atoms with E-state index in [1.807, 2.05) is 19.1 Å². The van der Waals surface area contributed by atoms with Gasteiger partial charge in [0.2, 0.25) is 0 Å². The van der Waals surface area contributed by atoms with E-state index in [-0.39, 0.29) is 11.9 Å². The molecule has 0 N–H and O–H groups in total. The number of unbranched alkanes of at least 4 members (excludes halogenated alkanes) is 10. The van der Waals surface area contributed by atoms with Crippen molar-refractivity contribution in [2.75, 3.05) is 33.9 Å². The lowest BCUT2D eigenvalue weighted by molar-refractivity contribution is -0.904. The van der Waals surface area contributed by atoms with Crippen LogP contribution >= 0.6 is 0 Å². The fraction of sp³-hybridized carbons (Fsp3) is 0.639. The van der Waals surface area contributed by atoms with Crippen LogP contribution in [0.15, 0.2) is 54.6 Å². The van der Waals surface area contributed by atoms with E-state index in [2.05, 4.69) is 63.5 Å². The van der Waals surface area contributed by atoms with Crippen molar-refractivity contribution in [3.05, 3.63) is 65.7 Å². The molecule has 0 radical (unpaired) electrons. The van der Waals surface area contributed by atoms with Gasteiger partial charge in [0.1, 0.15) is 12.3 Å². The molecule has 2 aromatic rings. The lowest BCUT2D eigenvalue weighted by Crippen LogP contribution is -2.40. The maximum Gasteiger partial charge on any atom is 0.308 e. The van der Waals surface area contributed by atoms with Crippen LogP contribution in [-0.4, -0.2) is 44.3 Å². The topological polar surface area (TPSA) is 35.5 Å². The molecule has 0 spiro atoms. The van der Waals surface area contributed by atoms with E-state index < -0.39 is 0 Å². The zero-order chi connectivity index (χ0) is 28.9. The van der Waals surface area contributed by atoms with E-state index in [4.69, 9.17) is 9.47 Å². The third-order valence-electron chi connectivity index (χ3n) is 7.84. The number of hydrogen-bond donors (Lipinski definition) is 0. The molecule has 4 heteroatoms. The summed E-state index contributed by atoms with van der Waals surface area (Å²) in [5, 5.41) is 0. The minimum absolute atomic E-state index is 0.0967. The minimum atomic E-state index is -0.100. The Bertz CT molecular complexity index is 911. The van der Waals surface area contributed by atoms with Gasteiger partial charge in [-0.05, 0) is 24.5 Å². The summed E-state index contributed by atoms with van der Waals surface area (Å²) in [5.74, 6) is 0.782. The van der Waals surface area contributed by atoms with Crippen molar-refractivity contribution in [3.8, 4) is 5.75 Å². The van der Waals surface area contributed by atoms with E-state index in [0.717, 1.165) is 36.2 Å². The van der Waals surface area contributed by atoms with Gasteiger partial charge in [0.15, 0.2) is 0 Å². The van der Waals surface area contributed by atoms with Gasteiger partial charge in [0, 0.05) is 18.4 Å². The van der Waals surface area contributed by atoms with Gasteiger partial charge < -0.3 is 14.0 Å². The summed E-state index contributed by atoms with van der Waals surface area (Å²) in [5.41, 5.74) is 2.61. The first-order valence-electron chi connectivity index (χ1n) is 16.1. The first kappa shape index (κ1) is 33.9. The van der Waals surface area contributed by atoms with Crippen molar-refractivity contribution in [2.45, 2.75) is 110 Å². The number of ether oxygens (including phenoxy) is 2. The van der Waals surface area contributed by atoms with E-state index in [1.165, 1.54) is 81.8 Å². The lowest BCUT2D eigenvalue weighted by Gasteiger charge is -2.30. The molecule has 40 heavy (non-hydrogen) atoms. The Hall–Kier alpha value is -2.33. The predicted molar refractivity (Wildman–Crippen MR) is 169 cm³/mol. The van der Waals surface area contributed by atoms with Gasteiger partial charge in [0.05, 0.1) is 39.8 Å². The lowest BCUT2D eigenvalue weighted by atomic mass is 10.0. The van der Waals surface area contributed by atoms with E-state index in [0.29, 0.717) is 19.6 Å². The third kappa shape index (κ3) is 15.5. The Morgan fingerprint density at radius 1 is 0.750 bits per heavy atom. The van der Waals surface area contributed by atoms with Crippen LogP contribution in [0.25, 0.3) is 0 Å². The van der Waals surface area contributed by atoms with Crippen LogP contribution in [0.2, 0.25) is 0 Å². The molecule has 0 heterocycles. The maximum atomic E-state index is 12.5. The number of aryl methyl sites for hydroxylation is 1. The van der Waals surface area contributed by atoms with Crippen molar-refractivity contribution in [1.29, 1.82) is 0 Å². The average Bonchev–Trinajstić information content (AvgIpc) is 2.95. The second-order valence-corrected chi connectivity index (χ2v) is 12.3. The molecule has 224 valence electrons. The quantitative estimate of drug-likeness (QED) is 0.0783. The van der Waals surface area contributed by atoms with Crippen molar-refractivity contribution in [2.24, 2.45) is 5.92 Å². The van der Waals surface area contributed by atoms with Crippen LogP contribution in [0.5, 0.6) is 5.75 Å². The number of quaternary nitrogens is 1. The molecule has 4 nitrogen and oxygen atoms in total. The normalized spacial score (nSPS) is 12.3. The van der Waals surface area contributed by atoms with Gasteiger partial charge in [-0.1, -0.05) is 127 Å². The van der Waals surface area contributed by atoms with Crippen LogP contribution in [-0.2, 0) is 22.5 Å². The minimum Gasteiger partial charge on any atom is -0.493 e. The van der Waals surface area contributed by atoms with Crippen molar-refractivity contribution >= 4 is 5.97 Å². The number of para-hydroxylation sites is 1. The average molecular weight is 553 g/mol. The largest absolute Gasteiger partial charge is 0.493 e. The zero-order valence-electron chi connectivity index (χ0n) is 26.2. The summed E-state index contributed by atoms with van der Waals surface area (Å²) >= 11 is 0. The van der Waals surface area contributed by atoms with E-state index in [1.54, 1.807) is 0 Å². The fourth-order valence-electron chi connectivity index (χ4n) is 5.20. The van der Waals surface area contributed by atoms with Crippen LogP contribution in [0, 0.1) is 5.92 Å². The van der Waals surface area contributed by atoms with E-state index in [9.17, 15) is 4.79 Å². The molecule has 0 fully saturated rings. The predicted octanol–water partition coefficient (Wildman–Crippen LogP) is 9.16.